The minimum atomic E-state index is -0.579. The van der Waals surface area contributed by atoms with Crippen molar-refractivity contribution in [3.05, 3.63) is 0 Å². The number of rotatable bonds is 4. The standard InChI is InChI=1S/C9H19NO2/c1-3-6-12-8-9(11)4-5-10(2)7-9/h11H,3-8H2,1-2H3. The lowest BCUT2D eigenvalue weighted by Gasteiger charge is -2.21. The molecule has 1 fully saturated rings. The number of hydrogen-bond acceptors (Lipinski definition) is 3. The smallest absolute Gasteiger partial charge is 0.102 e. The molecule has 1 N–H and O–H groups in total. The fourth-order valence-corrected chi connectivity index (χ4v) is 1.58. The molecule has 3 nitrogen and oxygen atoms in total. The van der Waals surface area contributed by atoms with E-state index >= 15 is 0 Å². The zero-order chi connectivity index (χ0) is 9.03. The third-order valence-corrected chi connectivity index (χ3v) is 2.24. The largest absolute Gasteiger partial charge is 0.386 e. The van der Waals surface area contributed by atoms with Gasteiger partial charge in [-0.15, -0.1) is 0 Å². The lowest BCUT2D eigenvalue weighted by atomic mass is 10.1. The molecule has 1 saturated heterocycles. The van der Waals surface area contributed by atoms with Crippen molar-refractivity contribution in [1.82, 2.24) is 4.90 Å². The Kier molecular flexibility index (Phi) is 3.50. The van der Waals surface area contributed by atoms with Gasteiger partial charge in [0.05, 0.1) is 6.61 Å². The second kappa shape index (κ2) is 4.21. The first-order chi connectivity index (χ1) is 5.66. The van der Waals surface area contributed by atoms with Gasteiger partial charge in [0, 0.05) is 19.7 Å². The van der Waals surface area contributed by atoms with Crippen molar-refractivity contribution in [2.45, 2.75) is 25.4 Å². The summed E-state index contributed by atoms with van der Waals surface area (Å²) in [5, 5.41) is 9.92. The molecule has 1 unspecified atom stereocenters. The molecule has 1 aliphatic rings. The van der Waals surface area contributed by atoms with Crippen LogP contribution in [-0.4, -0.2) is 49.0 Å². The third kappa shape index (κ3) is 2.73. The molecule has 0 amide bonds. The molecular weight excluding hydrogens is 154 g/mol. The Morgan fingerprint density at radius 1 is 1.58 bits per heavy atom. The van der Waals surface area contributed by atoms with Crippen molar-refractivity contribution >= 4 is 0 Å². The van der Waals surface area contributed by atoms with Crippen molar-refractivity contribution in [1.29, 1.82) is 0 Å². The zero-order valence-electron chi connectivity index (χ0n) is 8.05. The zero-order valence-corrected chi connectivity index (χ0v) is 8.05. The molecule has 3 heteroatoms. The fourth-order valence-electron chi connectivity index (χ4n) is 1.58. The third-order valence-electron chi connectivity index (χ3n) is 2.24. The van der Waals surface area contributed by atoms with Crippen LogP contribution < -0.4 is 0 Å². The summed E-state index contributed by atoms with van der Waals surface area (Å²) < 4.78 is 5.34. The molecule has 0 radical (unpaired) electrons. The van der Waals surface area contributed by atoms with E-state index in [0.29, 0.717) is 6.61 Å². The highest BCUT2D eigenvalue weighted by atomic mass is 16.5. The van der Waals surface area contributed by atoms with Gasteiger partial charge in [-0.1, -0.05) is 6.92 Å². The highest BCUT2D eigenvalue weighted by Crippen LogP contribution is 2.19. The Bertz CT molecular complexity index is 140. The molecule has 0 bridgehead atoms. The Balaban J connectivity index is 2.21. The number of likely N-dealkylation sites (tertiary alicyclic amines) is 1. The number of ether oxygens (including phenoxy) is 1. The molecule has 1 rings (SSSR count). The quantitative estimate of drug-likeness (QED) is 0.628. The van der Waals surface area contributed by atoms with Crippen LogP contribution in [-0.2, 0) is 4.74 Å². The average Bonchev–Trinajstić information content (AvgIpc) is 2.32. The Labute approximate surface area is 74.3 Å². The van der Waals surface area contributed by atoms with Gasteiger partial charge in [0.15, 0.2) is 0 Å². The van der Waals surface area contributed by atoms with E-state index in [1.54, 1.807) is 0 Å². The van der Waals surface area contributed by atoms with Crippen LogP contribution in [0.25, 0.3) is 0 Å². The number of hydrogen-bond donors (Lipinski definition) is 1. The molecule has 12 heavy (non-hydrogen) atoms. The van der Waals surface area contributed by atoms with Gasteiger partial charge in [0.25, 0.3) is 0 Å². The Morgan fingerprint density at radius 2 is 2.33 bits per heavy atom. The lowest BCUT2D eigenvalue weighted by Crippen LogP contribution is -2.37. The molecule has 0 aromatic rings. The van der Waals surface area contributed by atoms with Crippen molar-refractivity contribution in [3.8, 4) is 0 Å². The van der Waals surface area contributed by atoms with Crippen molar-refractivity contribution in [2.24, 2.45) is 0 Å². The van der Waals surface area contributed by atoms with E-state index < -0.39 is 5.60 Å². The van der Waals surface area contributed by atoms with Gasteiger partial charge in [-0.25, -0.2) is 0 Å². The van der Waals surface area contributed by atoms with Crippen LogP contribution in [0, 0.1) is 0 Å². The van der Waals surface area contributed by atoms with E-state index in [1.807, 2.05) is 7.05 Å². The normalized spacial score (nSPS) is 31.2. The first kappa shape index (κ1) is 9.96. The van der Waals surface area contributed by atoms with Crippen LogP contribution in [0.15, 0.2) is 0 Å². The van der Waals surface area contributed by atoms with E-state index in [0.717, 1.165) is 32.5 Å². The predicted molar refractivity (Wildman–Crippen MR) is 48.2 cm³/mol. The van der Waals surface area contributed by atoms with Crippen molar-refractivity contribution < 1.29 is 9.84 Å². The number of nitrogens with zero attached hydrogens (tertiary/aromatic N) is 1. The van der Waals surface area contributed by atoms with Gasteiger partial charge >= 0.3 is 0 Å². The number of likely N-dealkylation sites (N-methyl/N-ethyl adjacent to an activating group) is 1. The minimum Gasteiger partial charge on any atom is -0.386 e. The first-order valence-corrected chi connectivity index (χ1v) is 4.65. The first-order valence-electron chi connectivity index (χ1n) is 4.65. The predicted octanol–water partition coefficient (Wildman–Crippen LogP) is 0.480. The van der Waals surface area contributed by atoms with E-state index in [4.69, 9.17) is 4.74 Å². The van der Waals surface area contributed by atoms with Crippen LogP contribution in [0.2, 0.25) is 0 Å². The molecule has 0 spiro atoms. The van der Waals surface area contributed by atoms with Crippen LogP contribution in [0.1, 0.15) is 19.8 Å². The summed E-state index contributed by atoms with van der Waals surface area (Å²) in [6.07, 6.45) is 1.86. The summed E-state index contributed by atoms with van der Waals surface area (Å²) in [6.45, 7) is 5.05. The van der Waals surface area contributed by atoms with E-state index in [1.165, 1.54) is 0 Å². The van der Waals surface area contributed by atoms with Gasteiger partial charge in [-0.05, 0) is 19.9 Å². The molecule has 0 aromatic carbocycles. The van der Waals surface area contributed by atoms with Crippen molar-refractivity contribution in [3.63, 3.8) is 0 Å². The van der Waals surface area contributed by atoms with Crippen LogP contribution in [0.3, 0.4) is 0 Å². The maximum atomic E-state index is 9.92. The van der Waals surface area contributed by atoms with Crippen LogP contribution >= 0.6 is 0 Å². The molecule has 0 saturated carbocycles. The molecule has 1 atom stereocenters. The van der Waals surface area contributed by atoms with Gasteiger partial charge in [0.2, 0.25) is 0 Å². The van der Waals surface area contributed by atoms with E-state index in [2.05, 4.69) is 11.8 Å². The topological polar surface area (TPSA) is 32.7 Å². The second-order valence-corrected chi connectivity index (χ2v) is 3.76. The summed E-state index contributed by atoms with van der Waals surface area (Å²) in [4.78, 5) is 2.13. The Morgan fingerprint density at radius 3 is 2.83 bits per heavy atom. The molecule has 1 aliphatic heterocycles. The molecule has 0 aliphatic carbocycles. The minimum absolute atomic E-state index is 0.491. The fraction of sp³-hybridized carbons (Fsp3) is 1.00. The second-order valence-electron chi connectivity index (χ2n) is 3.76. The highest BCUT2D eigenvalue weighted by molar-refractivity contribution is 4.88. The molecule has 0 aromatic heterocycles. The van der Waals surface area contributed by atoms with Gasteiger partial charge < -0.3 is 14.7 Å². The molecular formula is C9H19NO2. The number of aliphatic hydroxyl groups is 1. The molecule has 1 heterocycles. The van der Waals surface area contributed by atoms with E-state index in [-0.39, 0.29) is 0 Å². The summed E-state index contributed by atoms with van der Waals surface area (Å²) in [7, 11) is 2.03. The summed E-state index contributed by atoms with van der Waals surface area (Å²) in [5.41, 5.74) is -0.579. The van der Waals surface area contributed by atoms with Gasteiger partial charge in [-0.2, -0.15) is 0 Å². The maximum absolute atomic E-state index is 9.92. The van der Waals surface area contributed by atoms with Crippen LogP contribution in [0.4, 0.5) is 0 Å². The Hall–Kier alpha value is -0.120. The van der Waals surface area contributed by atoms with E-state index in [9.17, 15) is 5.11 Å². The highest BCUT2D eigenvalue weighted by Gasteiger charge is 2.34. The molecule has 72 valence electrons. The van der Waals surface area contributed by atoms with Crippen LogP contribution in [0.5, 0.6) is 0 Å². The number of β-amino-alcohol motifs (C(OH)–C–C–N with tert-alkyl or cyclic N) is 1. The van der Waals surface area contributed by atoms with Gasteiger partial charge in [0.1, 0.15) is 5.60 Å². The maximum Gasteiger partial charge on any atom is 0.102 e. The average molecular weight is 173 g/mol. The summed E-state index contributed by atoms with van der Waals surface area (Å²) >= 11 is 0. The monoisotopic (exact) mass is 173 g/mol. The SMILES string of the molecule is CCCOCC1(O)CCN(C)C1. The lowest BCUT2D eigenvalue weighted by molar-refractivity contribution is -0.0371. The van der Waals surface area contributed by atoms with Crippen molar-refractivity contribution in [2.75, 3.05) is 33.4 Å². The summed E-state index contributed by atoms with van der Waals surface area (Å²) in [5.74, 6) is 0. The van der Waals surface area contributed by atoms with Gasteiger partial charge in [-0.3, -0.25) is 0 Å². The summed E-state index contributed by atoms with van der Waals surface area (Å²) in [6, 6.07) is 0.